The third-order valence-electron chi connectivity index (χ3n) is 2.69. The molecular formula is C12H14ClN3OS. The van der Waals surface area contributed by atoms with E-state index >= 15 is 0 Å². The van der Waals surface area contributed by atoms with Crippen LogP contribution in [0.25, 0.3) is 0 Å². The van der Waals surface area contributed by atoms with E-state index in [1.165, 1.54) is 15.1 Å². The number of halogens is 1. The quantitative estimate of drug-likeness (QED) is 0.938. The Hall–Kier alpha value is -1.33. The summed E-state index contributed by atoms with van der Waals surface area (Å²) in [6.45, 7) is 5.08. The first kappa shape index (κ1) is 13.1. The molecular weight excluding hydrogens is 270 g/mol. The van der Waals surface area contributed by atoms with Gasteiger partial charge < -0.3 is 5.32 Å². The average Bonchev–Trinajstić information content (AvgIpc) is 2.77. The fraction of sp³-hybridized carbons (Fsp3) is 0.333. The van der Waals surface area contributed by atoms with Crippen molar-refractivity contribution in [2.75, 3.05) is 5.32 Å². The summed E-state index contributed by atoms with van der Waals surface area (Å²) in [4.78, 5) is 13.0. The molecule has 0 radical (unpaired) electrons. The van der Waals surface area contributed by atoms with Crippen LogP contribution in [0.4, 0.5) is 5.69 Å². The molecule has 1 N–H and O–H groups in total. The van der Waals surface area contributed by atoms with Gasteiger partial charge in [0, 0.05) is 18.0 Å². The Balaban J connectivity index is 2.18. The van der Waals surface area contributed by atoms with Crippen molar-refractivity contribution in [1.82, 2.24) is 9.78 Å². The molecule has 2 rings (SSSR count). The van der Waals surface area contributed by atoms with Crippen LogP contribution in [0.3, 0.4) is 0 Å². The van der Waals surface area contributed by atoms with Gasteiger partial charge in [0.1, 0.15) is 5.02 Å². The lowest BCUT2D eigenvalue weighted by Crippen LogP contribution is -2.23. The zero-order valence-corrected chi connectivity index (χ0v) is 11.8. The van der Waals surface area contributed by atoms with E-state index in [-0.39, 0.29) is 10.6 Å². The highest BCUT2D eigenvalue weighted by atomic mass is 35.5. The highest BCUT2D eigenvalue weighted by Crippen LogP contribution is 2.20. The van der Waals surface area contributed by atoms with E-state index < -0.39 is 0 Å². The van der Waals surface area contributed by atoms with E-state index in [2.05, 4.69) is 23.4 Å². The monoisotopic (exact) mass is 283 g/mol. The predicted octanol–water partition coefficient (Wildman–Crippen LogP) is 2.90. The van der Waals surface area contributed by atoms with Gasteiger partial charge in [-0.2, -0.15) is 5.10 Å². The molecule has 96 valence electrons. The Labute approximate surface area is 114 Å². The molecule has 0 saturated carbocycles. The second-order valence-corrected chi connectivity index (χ2v) is 5.25. The molecule has 0 saturated heterocycles. The van der Waals surface area contributed by atoms with Crippen molar-refractivity contribution >= 4 is 28.6 Å². The first-order chi connectivity index (χ1) is 8.63. The van der Waals surface area contributed by atoms with Crippen molar-refractivity contribution in [2.24, 2.45) is 0 Å². The largest absolute Gasteiger partial charge is 0.377 e. The average molecular weight is 284 g/mol. The van der Waals surface area contributed by atoms with Crippen LogP contribution in [-0.2, 0) is 13.1 Å². The van der Waals surface area contributed by atoms with Crippen molar-refractivity contribution in [3.05, 3.63) is 43.5 Å². The van der Waals surface area contributed by atoms with Crippen LogP contribution in [0, 0.1) is 6.92 Å². The van der Waals surface area contributed by atoms with E-state index in [0.717, 1.165) is 0 Å². The van der Waals surface area contributed by atoms with Crippen molar-refractivity contribution in [3.8, 4) is 0 Å². The van der Waals surface area contributed by atoms with Crippen LogP contribution in [-0.4, -0.2) is 9.78 Å². The number of aryl methyl sites for hydroxylation is 2. The maximum absolute atomic E-state index is 11.8. The summed E-state index contributed by atoms with van der Waals surface area (Å²) < 4.78 is 1.34. The Bertz CT molecular complexity index is 606. The molecule has 0 atom stereocenters. The molecule has 0 aliphatic heterocycles. The zero-order chi connectivity index (χ0) is 13.1. The number of hydrogen-bond acceptors (Lipinski definition) is 4. The van der Waals surface area contributed by atoms with Gasteiger partial charge in [-0.15, -0.1) is 11.3 Å². The summed E-state index contributed by atoms with van der Waals surface area (Å²) in [6.07, 6.45) is 1.59. The molecule has 0 amide bonds. The Kier molecular flexibility index (Phi) is 4.04. The predicted molar refractivity (Wildman–Crippen MR) is 75.6 cm³/mol. The van der Waals surface area contributed by atoms with Gasteiger partial charge in [0.15, 0.2) is 0 Å². The third-order valence-corrected chi connectivity index (χ3v) is 4.08. The minimum absolute atomic E-state index is 0.195. The van der Waals surface area contributed by atoms with Crippen LogP contribution in [0.1, 0.15) is 17.4 Å². The molecule has 0 spiro atoms. The van der Waals surface area contributed by atoms with Crippen LogP contribution in [0.5, 0.6) is 0 Å². The number of hydrogen-bond donors (Lipinski definition) is 1. The molecule has 0 bridgehead atoms. The summed E-state index contributed by atoms with van der Waals surface area (Å²) in [7, 11) is 0. The van der Waals surface area contributed by atoms with Crippen LogP contribution in [0.15, 0.2) is 22.4 Å². The number of thiophene rings is 1. The van der Waals surface area contributed by atoms with Crippen molar-refractivity contribution < 1.29 is 0 Å². The first-order valence-corrected chi connectivity index (χ1v) is 6.91. The lowest BCUT2D eigenvalue weighted by atomic mass is 10.3. The fourth-order valence-corrected chi connectivity index (χ4v) is 2.63. The van der Waals surface area contributed by atoms with Gasteiger partial charge in [0.05, 0.1) is 11.9 Å². The molecule has 4 nitrogen and oxygen atoms in total. The molecule has 18 heavy (non-hydrogen) atoms. The van der Waals surface area contributed by atoms with Gasteiger partial charge in [0.2, 0.25) is 0 Å². The molecule has 0 unspecified atom stereocenters. The van der Waals surface area contributed by atoms with Gasteiger partial charge in [-0.3, -0.25) is 4.79 Å². The maximum Gasteiger partial charge on any atom is 0.287 e. The molecule has 0 aliphatic carbocycles. The van der Waals surface area contributed by atoms with Gasteiger partial charge in [-0.05, 0) is 30.9 Å². The lowest BCUT2D eigenvalue weighted by molar-refractivity contribution is 0.616. The normalized spacial score (nSPS) is 10.6. The molecule has 0 fully saturated rings. The fourth-order valence-electron chi connectivity index (χ4n) is 1.57. The van der Waals surface area contributed by atoms with E-state index in [0.29, 0.717) is 18.8 Å². The molecule has 0 aromatic carbocycles. The third kappa shape index (κ3) is 2.57. The van der Waals surface area contributed by atoms with Crippen LogP contribution < -0.4 is 10.9 Å². The van der Waals surface area contributed by atoms with Crippen molar-refractivity contribution in [3.63, 3.8) is 0 Å². The highest BCUT2D eigenvalue weighted by Gasteiger charge is 2.08. The minimum atomic E-state index is -0.257. The number of aromatic nitrogens is 2. The number of anilines is 1. The van der Waals surface area contributed by atoms with E-state index in [4.69, 9.17) is 11.6 Å². The molecule has 2 aromatic rings. The highest BCUT2D eigenvalue weighted by molar-refractivity contribution is 7.10. The second kappa shape index (κ2) is 5.54. The molecule has 6 heteroatoms. The van der Waals surface area contributed by atoms with Gasteiger partial charge in [-0.1, -0.05) is 11.6 Å². The summed E-state index contributed by atoms with van der Waals surface area (Å²) >= 11 is 7.70. The summed E-state index contributed by atoms with van der Waals surface area (Å²) in [5.74, 6) is 0. The summed E-state index contributed by atoms with van der Waals surface area (Å²) in [5.41, 5.74) is 1.56. The van der Waals surface area contributed by atoms with Crippen molar-refractivity contribution in [2.45, 2.75) is 26.9 Å². The molecule has 2 heterocycles. The summed E-state index contributed by atoms with van der Waals surface area (Å²) in [6, 6.07) is 2.07. The maximum atomic E-state index is 11.8. The number of nitrogens with one attached hydrogen (secondary N) is 1. The first-order valence-electron chi connectivity index (χ1n) is 5.66. The SMILES string of the molecule is CCn1ncc(NCc2sccc2C)c(Cl)c1=O. The minimum Gasteiger partial charge on any atom is -0.377 e. The Morgan fingerprint density at radius 2 is 2.33 bits per heavy atom. The Morgan fingerprint density at radius 3 is 2.94 bits per heavy atom. The lowest BCUT2D eigenvalue weighted by Gasteiger charge is -2.08. The van der Waals surface area contributed by atoms with Gasteiger partial charge >= 0.3 is 0 Å². The zero-order valence-electron chi connectivity index (χ0n) is 10.2. The van der Waals surface area contributed by atoms with Gasteiger partial charge in [0.25, 0.3) is 5.56 Å². The molecule has 0 aliphatic rings. The van der Waals surface area contributed by atoms with Gasteiger partial charge in [-0.25, -0.2) is 4.68 Å². The second-order valence-electron chi connectivity index (χ2n) is 3.87. The number of nitrogens with zero attached hydrogens (tertiary/aromatic N) is 2. The van der Waals surface area contributed by atoms with E-state index in [1.807, 2.05) is 12.3 Å². The number of rotatable bonds is 4. The summed E-state index contributed by atoms with van der Waals surface area (Å²) in [5, 5.41) is 9.43. The van der Waals surface area contributed by atoms with E-state index in [1.54, 1.807) is 17.5 Å². The van der Waals surface area contributed by atoms with Crippen molar-refractivity contribution in [1.29, 1.82) is 0 Å². The van der Waals surface area contributed by atoms with Crippen LogP contribution in [0.2, 0.25) is 5.02 Å². The Morgan fingerprint density at radius 1 is 1.56 bits per heavy atom. The van der Waals surface area contributed by atoms with E-state index in [9.17, 15) is 4.79 Å². The standard InChI is InChI=1S/C12H14ClN3OS/c1-3-16-12(17)11(13)9(6-15-16)14-7-10-8(2)4-5-18-10/h4-6,14H,3,7H2,1-2H3. The van der Waals surface area contributed by atoms with Crippen LogP contribution >= 0.6 is 22.9 Å². The molecule has 2 aromatic heterocycles. The topological polar surface area (TPSA) is 46.9 Å². The smallest absolute Gasteiger partial charge is 0.287 e.